The van der Waals surface area contributed by atoms with Crippen LogP contribution in [-0.4, -0.2) is 23.1 Å². The van der Waals surface area contributed by atoms with E-state index < -0.39 is 4.92 Å². The maximum absolute atomic E-state index is 10.7. The number of hydrogen-bond acceptors (Lipinski definition) is 6. The van der Waals surface area contributed by atoms with Gasteiger partial charge < -0.3 is 10.1 Å². The first-order valence-corrected chi connectivity index (χ1v) is 6.18. The zero-order valence-electron chi connectivity index (χ0n) is 11.0. The molecule has 1 heterocycles. The number of rotatable bonds is 6. The molecule has 1 N–H and O–H groups in total. The lowest BCUT2D eigenvalue weighted by Gasteiger charge is -2.08. The van der Waals surface area contributed by atoms with Crippen LogP contribution in [0.15, 0.2) is 42.5 Å². The van der Waals surface area contributed by atoms with Crippen LogP contribution in [0, 0.1) is 21.4 Å². The van der Waals surface area contributed by atoms with Gasteiger partial charge in [-0.15, -0.1) is 0 Å². The second-order valence-electron chi connectivity index (χ2n) is 4.02. The minimum Gasteiger partial charge on any atom is -0.492 e. The third-order valence-corrected chi connectivity index (χ3v) is 2.60. The highest BCUT2D eigenvalue weighted by Crippen LogP contribution is 2.17. The smallest absolute Gasteiger partial charge is 0.305 e. The summed E-state index contributed by atoms with van der Waals surface area (Å²) in [7, 11) is 0. The molecule has 1 aromatic carbocycles. The highest BCUT2D eigenvalue weighted by molar-refractivity contribution is 5.50. The highest BCUT2D eigenvalue weighted by Gasteiger charge is 2.15. The predicted octanol–water partition coefficient (Wildman–Crippen LogP) is 2.35. The summed E-state index contributed by atoms with van der Waals surface area (Å²) in [6, 6.07) is 13.8. The fraction of sp³-hybridized carbons (Fsp3) is 0.143. The Morgan fingerprint density at radius 3 is 2.71 bits per heavy atom. The van der Waals surface area contributed by atoms with Gasteiger partial charge in [-0.3, -0.25) is 10.1 Å². The normalized spacial score (nSPS) is 9.67. The molecule has 0 aliphatic heterocycles. The molecule has 7 nitrogen and oxygen atoms in total. The van der Waals surface area contributed by atoms with Crippen LogP contribution < -0.4 is 10.1 Å². The monoisotopic (exact) mass is 284 g/mol. The van der Waals surface area contributed by atoms with Crippen molar-refractivity contribution in [3.8, 4) is 11.8 Å². The van der Waals surface area contributed by atoms with Gasteiger partial charge in [-0.05, 0) is 18.2 Å². The Balaban J connectivity index is 1.89. The fourth-order valence-electron chi connectivity index (χ4n) is 1.64. The molecule has 0 aliphatic carbocycles. The van der Waals surface area contributed by atoms with E-state index in [1.165, 1.54) is 12.1 Å². The number of hydrogen-bond donors (Lipinski definition) is 1. The van der Waals surface area contributed by atoms with Crippen LogP contribution in [-0.2, 0) is 0 Å². The molecule has 0 fully saturated rings. The van der Waals surface area contributed by atoms with Gasteiger partial charge in [0, 0.05) is 6.07 Å². The Labute approximate surface area is 121 Å². The lowest BCUT2D eigenvalue weighted by Crippen LogP contribution is -2.12. The number of ether oxygens (including phenoxy) is 1. The van der Waals surface area contributed by atoms with Crippen molar-refractivity contribution in [2.75, 3.05) is 18.5 Å². The summed E-state index contributed by atoms with van der Waals surface area (Å²) in [5, 5.41) is 22.5. The van der Waals surface area contributed by atoms with E-state index in [0.29, 0.717) is 19.0 Å². The second-order valence-corrected chi connectivity index (χ2v) is 4.02. The Bertz CT molecular complexity index is 668. The average molecular weight is 284 g/mol. The molecule has 0 spiro atoms. The molecule has 7 heteroatoms. The van der Waals surface area contributed by atoms with Crippen molar-refractivity contribution in [1.82, 2.24) is 4.98 Å². The van der Waals surface area contributed by atoms with Crippen LogP contribution in [0.1, 0.15) is 5.69 Å². The summed E-state index contributed by atoms with van der Waals surface area (Å²) in [6.45, 7) is 0.870. The average Bonchev–Trinajstić information content (AvgIpc) is 2.52. The summed E-state index contributed by atoms with van der Waals surface area (Å²) in [6.07, 6.45) is 0. The number of nitriles is 1. The van der Waals surface area contributed by atoms with E-state index in [4.69, 9.17) is 10.00 Å². The van der Waals surface area contributed by atoms with Gasteiger partial charge in [0.05, 0.1) is 11.5 Å². The molecule has 0 atom stereocenters. The number of pyridine rings is 1. The van der Waals surface area contributed by atoms with E-state index in [9.17, 15) is 10.1 Å². The maximum atomic E-state index is 10.7. The predicted molar refractivity (Wildman–Crippen MR) is 76.0 cm³/mol. The largest absolute Gasteiger partial charge is 0.492 e. The molecule has 0 aliphatic rings. The van der Waals surface area contributed by atoms with Crippen LogP contribution in [0.2, 0.25) is 0 Å². The van der Waals surface area contributed by atoms with Crippen molar-refractivity contribution in [3.05, 3.63) is 58.3 Å². The maximum Gasteiger partial charge on any atom is 0.305 e. The van der Waals surface area contributed by atoms with Crippen molar-refractivity contribution in [2.24, 2.45) is 0 Å². The molecule has 2 aromatic rings. The van der Waals surface area contributed by atoms with Crippen LogP contribution >= 0.6 is 0 Å². The molecule has 0 bridgehead atoms. The van der Waals surface area contributed by atoms with Crippen molar-refractivity contribution < 1.29 is 9.66 Å². The van der Waals surface area contributed by atoms with Gasteiger partial charge in [-0.1, -0.05) is 18.2 Å². The first-order chi connectivity index (χ1) is 10.2. The molecule has 0 radical (unpaired) electrons. The molecule has 0 amide bonds. The lowest BCUT2D eigenvalue weighted by atomic mass is 10.3. The van der Waals surface area contributed by atoms with Gasteiger partial charge in [-0.2, -0.15) is 5.26 Å². The third kappa shape index (κ3) is 3.91. The van der Waals surface area contributed by atoms with Crippen LogP contribution in [0.4, 0.5) is 11.5 Å². The van der Waals surface area contributed by atoms with E-state index in [1.54, 1.807) is 6.07 Å². The van der Waals surface area contributed by atoms with Crippen LogP contribution in [0.25, 0.3) is 0 Å². The Hall–Kier alpha value is -3.14. The van der Waals surface area contributed by atoms with E-state index in [0.717, 1.165) is 5.75 Å². The molecule has 21 heavy (non-hydrogen) atoms. The summed E-state index contributed by atoms with van der Waals surface area (Å²) in [5.74, 6) is 1.16. The SMILES string of the molecule is N#Cc1nc(NCCOc2ccccc2)ccc1[N+](=O)[O-]. The summed E-state index contributed by atoms with van der Waals surface area (Å²) >= 11 is 0. The van der Waals surface area contributed by atoms with Crippen molar-refractivity contribution in [2.45, 2.75) is 0 Å². The zero-order chi connectivity index (χ0) is 15.1. The van der Waals surface area contributed by atoms with Crippen molar-refractivity contribution >= 4 is 11.5 Å². The molecular formula is C14H12N4O3. The van der Waals surface area contributed by atoms with Crippen LogP contribution in [0.3, 0.4) is 0 Å². The lowest BCUT2D eigenvalue weighted by molar-refractivity contribution is -0.385. The van der Waals surface area contributed by atoms with E-state index in [1.807, 2.05) is 30.3 Å². The molecule has 2 rings (SSSR count). The van der Waals surface area contributed by atoms with Gasteiger partial charge in [-0.25, -0.2) is 4.98 Å². The van der Waals surface area contributed by atoms with Crippen molar-refractivity contribution in [1.29, 1.82) is 5.26 Å². The molecule has 0 saturated carbocycles. The number of nitrogens with one attached hydrogen (secondary N) is 1. The fourth-order valence-corrected chi connectivity index (χ4v) is 1.64. The number of anilines is 1. The molecule has 0 saturated heterocycles. The summed E-state index contributed by atoms with van der Waals surface area (Å²) in [5.41, 5.74) is -0.516. The minimum absolute atomic E-state index is 0.214. The van der Waals surface area contributed by atoms with Gasteiger partial charge >= 0.3 is 5.69 Å². The number of benzene rings is 1. The van der Waals surface area contributed by atoms with Crippen LogP contribution in [0.5, 0.6) is 5.75 Å². The molecule has 0 unspecified atom stereocenters. The standard InChI is InChI=1S/C14H12N4O3/c15-10-12-13(18(19)20)6-7-14(17-12)16-8-9-21-11-4-2-1-3-5-11/h1-7H,8-9H2,(H,16,17). The van der Waals surface area contributed by atoms with Gasteiger partial charge in [0.15, 0.2) is 0 Å². The number of nitro groups is 1. The van der Waals surface area contributed by atoms with E-state index in [2.05, 4.69) is 10.3 Å². The highest BCUT2D eigenvalue weighted by atomic mass is 16.6. The molecule has 1 aromatic heterocycles. The first kappa shape index (κ1) is 14.3. The first-order valence-electron chi connectivity index (χ1n) is 6.18. The molecule has 106 valence electrons. The number of nitrogens with zero attached hydrogens (tertiary/aromatic N) is 3. The second kappa shape index (κ2) is 6.86. The van der Waals surface area contributed by atoms with Gasteiger partial charge in [0.25, 0.3) is 0 Å². The number of para-hydroxylation sites is 1. The Kier molecular flexibility index (Phi) is 4.66. The minimum atomic E-state index is -0.631. The number of aromatic nitrogens is 1. The van der Waals surface area contributed by atoms with E-state index in [-0.39, 0.29) is 11.4 Å². The third-order valence-electron chi connectivity index (χ3n) is 2.60. The zero-order valence-corrected chi connectivity index (χ0v) is 11.0. The summed E-state index contributed by atoms with van der Waals surface area (Å²) in [4.78, 5) is 13.9. The molecular weight excluding hydrogens is 272 g/mol. The quantitative estimate of drug-likeness (QED) is 0.496. The Morgan fingerprint density at radius 2 is 2.05 bits per heavy atom. The topological polar surface area (TPSA) is 101 Å². The van der Waals surface area contributed by atoms with Crippen molar-refractivity contribution in [3.63, 3.8) is 0 Å². The van der Waals surface area contributed by atoms with E-state index >= 15 is 0 Å². The van der Waals surface area contributed by atoms with Gasteiger partial charge in [0.1, 0.15) is 24.2 Å². The Morgan fingerprint density at radius 1 is 1.29 bits per heavy atom. The van der Waals surface area contributed by atoms with Gasteiger partial charge in [0.2, 0.25) is 5.69 Å². The summed E-state index contributed by atoms with van der Waals surface area (Å²) < 4.78 is 5.48.